The van der Waals surface area contributed by atoms with Crippen LogP contribution < -0.4 is 10.1 Å². The van der Waals surface area contributed by atoms with Crippen LogP contribution in [0.25, 0.3) is 0 Å². The van der Waals surface area contributed by atoms with E-state index in [4.69, 9.17) is 14.6 Å². The van der Waals surface area contributed by atoms with Gasteiger partial charge in [0.2, 0.25) is 0 Å². The van der Waals surface area contributed by atoms with Gasteiger partial charge in [-0.3, -0.25) is 0 Å². The number of benzene rings is 1. The summed E-state index contributed by atoms with van der Waals surface area (Å²) >= 11 is 0. The molecule has 6 heteroatoms. The number of amides is 1. The van der Waals surface area contributed by atoms with Gasteiger partial charge in [-0.25, -0.2) is 9.59 Å². The topological polar surface area (TPSA) is 84.9 Å². The van der Waals surface area contributed by atoms with Gasteiger partial charge < -0.3 is 19.9 Å². The second-order valence-electron chi connectivity index (χ2n) is 5.61. The Morgan fingerprint density at radius 3 is 2.43 bits per heavy atom. The Labute approximate surface area is 124 Å². The van der Waals surface area contributed by atoms with Gasteiger partial charge in [-0.2, -0.15) is 0 Å². The molecule has 0 radical (unpaired) electrons. The second-order valence-corrected chi connectivity index (χ2v) is 5.61. The van der Waals surface area contributed by atoms with Crippen molar-refractivity contribution >= 4 is 12.1 Å². The highest BCUT2D eigenvalue weighted by atomic mass is 16.6. The molecule has 21 heavy (non-hydrogen) atoms. The molecule has 0 aliphatic heterocycles. The first-order valence-corrected chi connectivity index (χ1v) is 6.60. The van der Waals surface area contributed by atoms with Crippen molar-refractivity contribution in [2.24, 2.45) is 0 Å². The number of aliphatic carboxylic acids is 1. The molecule has 116 valence electrons. The third-order valence-electron chi connectivity index (χ3n) is 2.49. The summed E-state index contributed by atoms with van der Waals surface area (Å²) in [5, 5.41) is 11.4. The highest BCUT2D eigenvalue weighted by Gasteiger charge is 2.24. The van der Waals surface area contributed by atoms with Gasteiger partial charge in [0.1, 0.15) is 18.0 Å². The zero-order valence-electron chi connectivity index (χ0n) is 12.7. The zero-order chi connectivity index (χ0) is 16.0. The fourth-order valence-corrected chi connectivity index (χ4v) is 1.52. The molecular formula is C15H21NO5. The summed E-state index contributed by atoms with van der Waals surface area (Å²) < 4.78 is 10.5. The number of hydrogen-bond acceptors (Lipinski definition) is 4. The Morgan fingerprint density at radius 2 is 1.90 bits per heavy atom. The van der Waals surface area contributed by atoms with Crippen molar-refractivity contribution in [1.82, 2.24) is 5.32 Å². The predicted octanol–water partition coefficient (Wildman–Crippen LogP) is 2.35. The van der Waals surface area contributed by atoms with Gasteiger partial charge >= 0.3 is 12.1 Å². The van der Waals surface area contributed by atoms with Gasteiger partial charge in [-0.1, -0.05) is 18.2 Å². The molecule has 1 rings (SSSR count). The average molecular weight is 295 g/mol. The minimum atomic E-state index is -1.19. The Bertz CT molecular complexity index is 507. The average Bonchev–Trinajstić information content (AvgIpc) is 2.33. The van der Waals surface area contributed by atoms with Crippen molar-refractivity contribution in [3.8, 4) is 5.75 Å². The van der Waals surface area contributed by atoms with E-state index in [1.165, 1.54) is 0 Å². The normalized spacial score (nSPS) is 12.4. The smallest absolute Gasteiger partial charge is 0.408 e. The predicted molar refractivity (Wildman–Crippen MR) is 77.5 cm³/mol. The highest BCUT2D eigenvalue weighted by Crippen LogP contribution is 2.16. The first kappa shape index (κ1) is 16.8. The fourth-order valence-electron chi connectivity index (χ4n) is 1.52. The van der Waals surface area contributed by atoms with Gasteiger partial charge in [-0.05, 0) is 39.3 Å². The lowest BCUT2D eigenvalue weighted by molar-refractivity contribution is -0.140. The molecule has 0 aliphatic carbocycles. The van der Waals surface area contributed by atoms with Crippen LogP contribution in [-0.4, -0.2) is 35.4 Å². The van der Waals surface area contributed by atoms with Gasteiger partial charge in [-0.15, -0.1) is 0 Å². The van der Waals surface area contributed by atoms with E-state index in [9.17, 15) is 9.59 Å². The minimum absolute atomic E-state index is 0.181. The standard InChI is InChI=1S/C15H21NO5/c1-10-7-5-6-8-12(10)20-9-11(13(17)18)16-14(19)21-15(2,3)4/h5-8,11H,9H2,1-4H3,(H,16,19)(H,17,18)/t11-/m1/s1. The molecule has 0 saturated carbocycles. The number of ether oxygens (including phenoxy) is 2. The minimum Gasteiger partial charge on any atom is -0.491 e. The molecule has 0 saturated heterocycles. The third kappa shape index (κ3) is 6.16. The van der Waals surface area contributed by atoms with Crippen LogP contribution in [0.2, 0.25) is 0 Å². The molecule has 1 aromatic rings. The first-order chi connectivity index (χ1) is 9.69. The summed E-state index contributed by atoms with van der Waals surface area (Å²) in [6, 6.07) is 6.06. The van der Waals surface area contributed by atoms with E-state index in [1.807, 2.05) is 19.1 Å². The summed E-state index contributed by atoms with van der Waals surface area (Å²) in [6.45, 7) is 6.77. The number of carboxylic acid groups (broad SMARTS) is 1. The lowest BCUT2D eigenvalue weighted by Crippen LogP contribution is -2.46. The number of nitrogens with one attached hydrogen (secondary N) is 1. The maximum atomic E-state index is 11.6. The van der Waals surface area contributed by atoms with Crippen LogP contribution in [0.5, 0.6) is 5.75 Å². The van der Waals surface area contributed by atoms with Crippen LogP contribution in [0.1, 0.15) is 26.3 Å². The van der Waals surface area contributed by atoms with Gasteiger partial charge in [0.15, 0.2) is 6.04 Å². The number of carbonyl (C=O) groups excluding carboxylic acids is 1. The van der Waals surface area contributed by atoms with E-state index in [1.54, 1.807) is 32.9 Å². The number of hydrogen-bond donors (Lipinski definition) is 2. The molecule has 0 bridgehead atoms. The quantitative estimate of drug-likeness (QED) is 0.871. The van der Waals surface area contributed by atoms with Crippen LogP contribution in [0.4, 0.5) is 4.79 Å². The lowest BCUT2D eigenvalue weighted by Gasteiger charge is -2.22. The van der Waals surface area contributed by atoms with Crippen LogP contribution in [0.15, 0.2) is 24.3 Å². The maximum Gasteiger partial charge on any atom is 0.408 e. The molecule has 0 spiro atoms. The monoisotopic (exact) mass is 295 g/mol. The number of aryl methyl sites for hydroxylation is 1. The van der Waals surface area contributed by atoms with Crippen LogP contribution >= 0.6 is 0 Å². The molecule has 0 heterocycles. The molecule has 1 atom stereocenters. The summed E-state index contributed by atoms with van der Waals surface area (Å²) in [4.78, 5) is 22.8. The molecule has 1 aromatic carbocycles. The number of rotatable bonds is 5. The number of carbonyl (C=O) groups is 2. The number of para-hydroxylation sites is 1. The van der Waals surface area contributed by atoms with Gasteiger partial charge in [0.05, 0.1) is 0 Å². The molecule has 6 nitrogen and oxygen atoms in total. The van der Waals surface area contributed by atoms with E-state index >= 15 is 0 Å². The second kappa shape index (κ2) is 6.97. The summed E-state index contributed by atoms with van der Waals surface area (Å²) in [5.41, 5.74) is 0.197. The van der Waals surface area contributed by atoms with Gasteiger partial charge in [0.25, 0.3) is 0 Å². The molecular weight excluding hydrogens is 274 g/mol. The van der Waals surface area contributed by atoms with E-state index in [0.717, 1.165) is 5.56 Å². The van der Waals surface area contributed by atoms with Crippen molar-refractivity contribution in [2.45, 2.75) is 39.3 Å². The van der Waals surface area contributed by atoms with E-state index < -0.39 is 23.7 Å². The molecule has 0 fully saturated rings. The van der Waals surface area contributed by atoms with Crippen LogP contribution in [0.3, 0.4) is 0 Å². The van der Waals surface area contributed by atoms with Crippen molar-refractivity contribution in [3.05, 3.63) is 29.8 Å². The van der Waals surface area contributed by atoms with E-state index in [2.05, 4.69) is 5.32 Å². The molecule has 2 N–H and O–H groups in total. The third-order valence-corrected chi connectivity index (χ3v) is 2.49. The molecule has 0 unspecified atom stereocenters. The summed E-state index contributed by atoms with van der Waals surface area (Å²) in [7, 11) is 0. The summed E-state index contributed by atoms with van der Waals surface area (Å²) in [6.07, 6.45) is -0.789. The maximum absolute atomic E-state index is 11.6. The van der Waals surface area contributed by atoms with Crippen LogP contribution in [0, 0.1) is 6.92 Å². The Hall–Kier alpha value is -2.24. The fraction of sp³-hybridized carbons (Fsp3) is 0.467. The zero-order valence-corrected chi connectivity index (χ0v) is 12.7. The first-order valence-electron chi connectivity index (χ1n) is 6.60. The number of alkyl carbamates (subject to hydrolysis) is 1. The highest BCUT2D eigenvalue weighted by molar-refractivity contribution is 5.80. The van der Waals surface area contributed by atoms with Gasteiger partial charge in [0, 0.05) is 0 Å². The van der Waals surface area contributed by atoms with E-state index in [0.29, 0.717) is 5.75 Å². The summed E-state index contributed by atoms with van der Waals surface area (Å²) in [5.74, 6) is -0.607. The van der Waals surface area contributed by atoms with Crippen LogP contribution in [-0.2, 0) is 9.53 Å². The van der Waals surface area contributed by atoms with Crippen molar-refractivity contribution in [3.63, 3.8) is 0 Å². The Morgan fingerprint density at radius 1 is 1.29 bits per heavy atom. The Balaban J connectivity index is 2.61. The van der Waals surface area contributed by atoms with E-state index in [-0.39, 0.29) is 6.61 Å². The van der Waals surface area contributed by atoms with Crippen molar-refractivity contribution in [1.29, 1.82) is 0 Å². The lowest BCUT2D eigenvalue weighted by atomic mass is 10.2. The molecule has 1 amide bonds. The van der Waals surface area contributed by atoms with Crippen molar-refractivity contribution < 1.29 is 24.2 Å². The SMILES string of the molecule is Cc1ccccc1OC[C@@H](NC(=O)OC(C)(C)C)C(=O)O. The number of carboxylic acids is 1. The molecule has 0 aromatic heterocycles. The van der Waals surface area contributed by atoms with Crippen molar-refractivity contribution in [2.75, 3.05) is 6.61 Å². The largest absolute Gasteiger partial charge is 0.491 e. The Kier molecular flexibility index (Phi) is 5.58. The molecule has 0 aliphatic rings.